The van der Waals surface area contributed by atoms with Gasteiger partial charge in [0.25, 0.3) is 5.91 Å². The number of nitrogens with two attached hydrogens (primary N) is 1. The molecule has 0 fully saturated rings. The van der Waals surface area contributed by atoms with Crippen LogP contribution in [-0.2, 0) is 0 Å². The van der Waals surface area contributed by atoms with Gasteiger partial charge in [-0.05, 0) is 25.3 Å². The minimum atomic E-state index is -0.410. The van der Waals surface area contributed by atoms with Gasteiger partial charge in [0.2, 0.25) is 0 Å². The third-order valence-electron chi connectivity index (χ3n) is 2.36. The second kappa shape index (κ2) is 4.89. The Hall–Kier alpha value is -1.33. The van der Waals surface area contributed by atoms with Crippen LogP contribution in [0.2, 0.25) is 0 Å². The third kappa shape index (κ3) is 2.50. The first-order valence-corrected chi connectivity index (χ1v) is 7.07. The van der Waals surface area contributed by atoms with E-state index in [0.29, 0.717) is 10.6 Å². The predicted octanol–water partition coefficient (Wildman–Crippen LogP) is 2.94. The van der Waals surface area contributed by atoms with Crippen LogP contribution in [0, 0.1) is 6.92 Å². The molecule has 1 aromatic heterocycles. The van der Waals surface area contributed by atoms with Gasteiger partial charge < -0.3 is 5.73 Å². The SMILES string of the molecule is CSc1ccc(-c2nc(C)c(C(N)=O)s2)cc1. The molecule has 2 rings (SSSR count). The molecule has 1 heterocycles. The number of carbonyl (C=O) groups excluding carboxylic acids is 1. The second-order valence-corrected chi connectivity index (χ2v) is 5.41. The van der Waals surface area contributed by atoms with Gasteiger partial charge in [0.1, 0.15) is 9.88 Å². The lowest BCUT2D eigenvalue weighted by atomic mass is 10.2. The number of benzene rings is 1. The number of hydrogen-bond acceptors (Lipinski definition) is 4. The molecule has 0 aliphatic rings. The highest BCUT2D eigenvalue weighted by Gasteiger charge is 2.13. The van der Waals surface area contributed by atoms with Crippen LogP contribution in [0.5, 0.6) is 0 Å². The molecule has 0 spiro atoms. The van der Waals surface area contributed by atoms with Crippen molar-refractivity contribution in [1.82, 2.24) is 4.98 Å². The lowest BCUT2D eigenvalue weighted by molar-refractivity contribution is 0.100. The van der Waals surface area contributed by atoms with Gasteiger partial charge in [0.05, 0.1) is 5.69 Å². The number of amides is 1. The average Bonchev–Trinajstić information content (AvgIpc) is 2.71. The van der Waals surface area contributed by atoms with Crippen LogP contribution < -0.4 is 5.73 Å². The molecule has 0 atom stereocenters. The van der Waals surface area contributed by atoms with Crippen molar-refractivity contribution >= 4 is 29.0 Å². The molecule has 17 heavy (non-hydrogen) atoms. The fourth-order valence-corrected chi connectivity index (χ4v) is 2.81. The molecule has 0 unspecified atom stereocenters. The maximum atomic E-state index is 11.2. The fourth-order valence-electron chi connectivity index (χ4n) is 1.48. The van der Waals surface area contributed by atoms with E-state index in [9.17, 15) is 4.79 Å². The van der Waals surface area contributed by atoms with Crippen molar-refractivity contribution in [3.8, 4) is 10.6 Å². The van der Waals surface area contributed by atoms with Crippen LogP contribution in [-0.4, -0.2) is 17.1 Å². The van der Waals surface area contributed by atoms with Gasteiger partial charge in [-0.1, -0.05) is 12.1 Å². The van der Waals surface area contributed by atoms with Crippen molar-refractivity contribution in [2.24, 2.45) is 5.73 Å². The van der Waals surface area contributed by atoms with Gasteiger partial charge in [0, 0.05) is 10.5 Å². The zero-order valence-corrected chi connectivity index (χ0v) is 11.2. The minimum absolute atomic E-state index is 0.410. The zero-order valence-electron chi connectivity index (χ0n) is 9.56. The number of nitrogens with zero attached hydrogens (tertiary/aromatic N) is 1. The highest BCUT2D eigenvalue weighted by atomic mass is 32.2. The largest absolute Gasteiger partial charge is 0.365 e. The minimum Gasteiger partial charge on any atom is -0.365 e. The maximum absolute atomic E-state index is 11.2. The van der Waals surface area contributed by atoms with Crippen molar-refractivity contribution in [3.63, 3.8) is 0 Å². The van der Waals surface area contributed by atoms with Crippen molar-refractivity contribution < 1.29 is 4.79 Å². The van der Waals surface area contributed by atoms with E-state index in [1.807, 2.05) is 30.5 Å². The van der Waals surface area contributed by atoms with E-state index < -0.39 is 5.91 Å². The summed E-state index contributed by atoms with van der Waals surface area (Å²) in [5.41, 5.74) is 7.00. The molecule has 1 aromatic carbocycles. The Morgan fingerprint density at radius 1 is 1.35 bits per heavy atom. The highest BCUT2D eigenvalue weighted by Crippen LogP contribution is 2.28. The molecule has 0 saturated heterocycles. The summed E-state index contributed by atoms with van der Waals surface area (Å²) >= 11 is 3.04. The summed E-state index contributed by atoms with van der Waals surface area (Å²) < 4.78 is 0. The number of primary amides is 1. The van der Waals surface area contributed by atoms with E-state index in [-0.39, 0.29) is 0 Å². The first kappa shape index (κ1) is 12.1. The normalized spacial score (nSPS) is 10.5. The molecular formula is C12H12N2OS2. The smallest absolute Gasteiger partial charge is 0.260 e. The lowest BCUT2D eigenvalue weighted by Gasteiger charge is -1.98. The van der Waals surface area contributed by atoms with Gasteiger partial charge in [-0.15, -0.1) is 23.1 Å². The molecule has 2 N–H and O–H groups in total. The summed E-state index contributed by atoms with van der Waals surface area (Å²) in [5.74, 6) is -0.410. The number of aryl methyl sites for hydroxylation is 1. The van der Waals surface area contributed by atoms with Crippen LogP contribution >= 0.6 is 23.1 Å². The molecule has 0 saturated carbocycles. The van der Waals surface area contributed by atoms with Gasteiger partial charge in [0.15, 0.2) is 0 Å². The quantitative estimate of drug-likeness (QED) is 0.867. The number of aromatic nitrogens is 1. The highest BCUT2D eigenvalue weighted by molar-refractivity contribution is 7.98. The van der Waals surface area contributed by atoms with E-state index in [1.54, 1.807) is 18.7 Å². The molecule has 5 heteroatoms. The van der Waals surface area contributed by atoms with Gasteiger partial charge >= 0.3 is 0 Å². The first-order valence-electron chi connectivity index (χ1n) is 5.03. The average molecular weight is 264 g/mol. The summed E-state index contributed by atoms with van der Waals surface area (Å²) in [6.07, 6.45) is 2.04. The van der Waals surface area contributed by atoms with Crippen molar-refractivity contribution in [1.29, 1.82) is 0 Å². The molecule has 0 aliphatic carbocycles. The summed E-state index contributed by atoms with van der Waals surface area (Å²) in [6, 6.07) is 8.10. The van der Waals surface area contributed by atoms with Gasteiger partial charge in [-0.3, -0.25) is 4.79 Å². The van der Waals surface area contributed by atoms with Crippen molar-refractivity contribution in [2.45, 2.75) is 11.8 Å². The number of thioether (sulfide) groups is 1. The Kier molecular flexibility index (Phi) is 3.49. The standard InChI is InChI=1S/C12H12N2OS2/c1-7-10(11(13)15)17-12(14-7)8-3-5-9(16-2)6-4-8/h3-6H,1-2H3,(H2,13,15). The molecule has 1 amide bonds. The molecule has 2 aromatic rings. The zero-order chi connectivity index (χ0) is 12.4. The summed E-state index contributed by atoms with van der Waals surface area (Å²) in [4.78, 5) is 17.3. The topological polar surface area (TPSA) is 56.0 Å². The van der Waals surface area contributed by atoms with Crippen LogP contribution in [0.1, 0.15) is 15.4 Å². The molecule has 3 nitrogen and oxygen atoms in total. The first-order chi connectivity index (χ1) is 8.11. The third-order valence-corrected chi connectivity index (χ3v) is 4.32. The van der Waals surface area contributed by atoms with Crippen LogP contribution in [0.4, 0.5) is 0 Å². The monoisotopic (exact) mass is 264 g/mol. The molecule has 0 aliphatic heterocycles. The van der Waals surface area contributed by atoms with E-state index in [4.69, 9.17) is 5.73 Å². The number of carbonyl (C=O) groups is 1. The van der Waals surface area contributed by atoms with E-state index in [1.165, 1.54) is 16.2 Å². The van der Waals surface area contributed by atoms with Crippen LogP contribution in [0.25, 0.3) is 10.6 Å². The maximum Gasteiger partial charge on any atom is 0.260 e. The number of hydrogen-bond donors (Lipinski definition) is 1. The Balaban J connectivity index is 2.39. The fraction of sp³-hybridized carbons (Fsp3) is 0.167. The molecule has 0 bridgehead atoms. The van der Waals surface area contributed by atoms with Crippen molar-refractivity contribution in [2.75, 3.05) is 6.26 Å². The van der Waals surface area contributed by atoms with E-state index in [2.05, 4.69) is 4.98 Å². The van der Waals surface area contributed by atoms with Gasteiger partial charge in [-0.25, -0.2) is 4.98 Å². The Bertz CT molecular complexity index is 546. The predicted molar refractivity (Wildman–Crippen MR) is 72.6 cm³/mol. The molecular weight excluding hydrogens is 252 g/mol. The van der Waals surface area contributed by atoms with Crippen LogP contribution in [0.3, 0.4) is 0 Å². The molecule has 88 valence electrons. The number of thiazole rings is 1. The second-order valence-electron chi connectivity index (χ2n) is 3.53. The van der Waals surface area contributed by atoms with Gasteiger partial charge in [-0.2, -0.15) is 0 Å². The summed E-state index contributed by atoms with van der Waals surface area (Å²) in [5, 5.41) is 0.837. The molecule has 0 radical (unpaired) electrons. The van der Waals surface area contributed by atoms with E-state index in [0.717, 1.165) is 10.6 Å². The van der Waals surface area contributed by atoms with Crippen LogP contribution in [0.15, 0.2) is 29.2 Å². The lowest BCUT2D eigenvalue weighted by Crippen LogP contribution is -2.09. The van der Waals surface area contributed by atoms with E-state index >= 15 is 0 Å². The number of rotatable bonds is 3. The Morgan fingerprint density at radius 2 is 2.00 bits per heavy atom. The Labute approximate surface area is 108 Å². The summed E-state index contributed by atoms with van der Waals surface area (Å²) in [6.45, 7) is 1.80. The van der Waals surface area contributed by atoms with Crippen molar-refractivity contribution in [3.05, 3.63) is 34.8 Å². The Morgan fingerprint density at radius 3 is 2.47 bits per heavy atom. The summed E-state index contributed by atoms with van der Waals surface area (Å²) in [7, 11) is 0.